The van der Waals surface area contributed by atoms with Crippen LogP contribution in [0.2, 0.25) is 0 Å². The monoisotopic (exact) mass is 348 g/mol. The van der Waals surface area contributed by atoms with Gasteiger partial charge in [0.2, 0.25) is 0 Å². The Bertz CT molecular complexity index is 273. The van der Waals surface area contributed by atoms with Crippen molar-refractivity contribution in [1.29, 1.82) is 0 Å². The van der Waals surface area contributed by atoms with Crippen LogP contribution >= 0.6 is 0 Å². The molecule has 0 saturated heterocycles. The van der Waals surface area contributed by atoms with E-state index < -0.39 is 17.9 Å². The molecule has 24 heavy (non-hydrogen) atoms. The molecule has 144 valence electrons. The molecule has 0 heterocycles. The van der Waals surface area contributed by atoms with E-state index in [4.69, 9.17) is 20.4 Å². The van der Waals surface area contributed by atoms with Crippen molar-refractivity contribution in [3.8, 4) is 0 Å². The Morgan fingerprint density at radius 3 is 1.42 bits per heavy atom. The largest absolute Gasteiger partial charge is 0.481 e. The molecule has 0 atom stereocenters. The van der Waals surface area contributed by atoms with E-state index in [0.717, 1.165) is 38.5 Å². The van der Waals surface area contributed by atoms with Crippen molar-refractivity contribution in [2.45, 2.75) is 84.0 Å². The van der Waals surface area contributed by atoms with E-state index in [1.54, 1.807) is 0 Å². The molecular formula is C18H36O6. The summed E-state index contributed by atoms with van der Waals surface area (Å²) in [5.41, 5.74) is 0. The van der Waals surface area contributed by atoms with Crippen LogP contribution in [0.15, 0.2) is 0 Å². The third kappa shape index (κ3) is 18.9. The van der Waals surface area contributed by atoms with Gasteiger partial charge in [0.15, 0.2) is 5.92 Å². The zero-order chi connectivity index (χ0) is 18.6. The zero-order valence-electron chi connectivity index (χ0n) is 15.1. The predicted molar refractivity (Wildman–Crippen MR) is 94.0 cm³/mol. The second-order valence-corrected chi connectivity index (χ2v) is 6.00. The summed E-state index contributed by atoms with van der Waals surface area (Å²) < 4.78 is 0. The molecular weight excluding hydrogens is 312 g/mol. The molecule has 0 aliphatic heterocycles. The first-order valence-electron chi connectivity index (χ1n) is 9.18. The van der Waals surface area contributed by atoms with Crippen LogP contribution in [0.1, 0.15) is 84.0 Å². The summed E-state index contributed by atoms with van der Waals surface area (Å²) in [5, 5.41) is 33.9. The Balaban J connectivity index is 0. The van der Waals surface area contributed by atoms with Gasteiger partial charge in [0.25, 0.3) is 0 Å². The fourth-order valence-corrected chi connectivity index (χ4v) is 2.24. The Hall–Kier alpha value is -1.14. The highest BCUT2D eigenvalue weighted by atomic mass is 16.4. The topological polar surface area (TPSA) is 115 Å². The van der Waals surface area contributed by atoms with Gasteiger partial charge in [0.05, 0.1) is 0 Å². The van der Waals surface area contributed by atoms with E-state index in [0.29, 0.717) is 6.42 Å². The first-order valence-corrected chi connectivity index (χ1v) is 9.18. The molecule has 0 bridgehead atoms. The maximum absolute atomic E-state index is 10.6. The summed E-state index contributed by atoms with van der Waals surface area (Å²) in [5.74, 6) is -3.67. The van der Waals surface area contributed by atoms with Crippen LogP contribution in [0.3, 0.4) is 0 Å². The summed E-state index contributed by atoms with van der Waals surface area (Å²) in [6, 6.07) is 0. The Kier molecular flexibility index (Phi) is 20.8. The smallest absolute Gasteiger partial charge is 0.317 e. The van der Waals surface area contributed by atoms with E-state index in [1.807, 2.05) is 0 Å². The van der Waals surface area contributed by atoms with Gasteiger partial charge in [0, 0.05) is 13.2 Å². The number of rotatable bonds is 15. The fourth-order valence-electron chi connectivity index (χ4n) is 2.24. The van der Waals surface area contributed by atoms with Crippen molar-refractivity contribution < 1.29 is 30.0 Å². The highest BCUT2D eigenvalue weighted by Crippen LogP contribution is 2.13. The maximum Gasteiger partial charge on any atom is 0.317 e. The minimum absolute atomic E-state index is 0.248. The van der Waals surface area contributed by atoms with Crippen molar-refractivity contribution in [2.24, 2.45) is 5.92 Å². The van der Waals surface area contributed by atoms with Crippen LogP contribution in [0.4, 0.5) is 0 Å². The zero-order valence-corrected chi connectivity index (χ0v) is 15.1. The number of hydrogen-bond donors (Lipinski definition) is 4. The molecule has 0 fully saturated rings. The molecule has 0 rings (SSSR count). The first kappa shape index (κ1) is 25.1. The van der Waals surface area contributed by atoms with Crippen molar-refractivity contribution in [3.63, 3.8) is 0 Å². The fraction of sp³-hybridized carbons (Fsp3) is 0.889. The van der Waals surface area contributed by atoms with Crippen LogP contribution < -0.4 is 0 Å². The first-order chi connectivity index (χ1) is 11.5. The molecule has 0 aromatic carbocycles. The number of aliphatic carboxylic acids is 2. The third-order valence-electron chi connectivity index (χ3n) is 3.76. The SMILES string of the molecule is CCCCCCCCCC(C(=O)O)C(=O)O.OCCCCCCO. The Morgan fingerprint density at radius 1 is 0.667 bits per heavy atom. The molecule has 6 nitrogen and oxygen atoms in total. The van der Waals surface area contributed by atoms with Crippen molar-refractivity contribution in [1.82, 2.24) is 0 Å². The average Bonchev–Trinajstić information content (AvgIpc) is 2.54. The lowest BCUT2D eigenvalue weighted by atomic mass is 10.0. The van der Waals surface area contributed by atoms with Crippen LogP contribution in [-0.4, -0.2) is 45.6 Å². The third-order valence-corrected chi connectivity index (χ3v) is 3.76. The molecule has 6 heteroatoms. The molecule has 4 N–H and O–H groups in total. The van der Waals surface area contributed by atoms with E-state index in [-0.39, 0.29) is 19.6 Å². The van der Waals surface area contributed by atoms with E-state index >= 15 is 0 Å². The minimum Gasteiger partial charge on any atom is -0.481 e. The van der Waals surface area contributed by atoms with E-state index in [9.17, 15) is 9.59 Å². The summed E-state index contributed by atoms with van der Waals surface area (Å²) in [7, 11) is 0. The molecule has 0 saturated carbocycles. The Labute approximate surface area is 145 Å². The van der Waals surface area contributed by atoms with E-state index in [1.165, 1.54) is 25.7 Å². The van der Waals surface area contributed by atoms with Gasteiger partial charge >= 0.3 is 11.9 Å². The van der Waals surface area contributed by atoms with E-state index in [2.05, 4.69) is 6.92 Å². The van der Waals surface area contributed by atoms with Gasteiger partial charge in [-0.05, 0) is 19.3 Å². The number of carboxylic acid groups (broad SMARTS) is 2. The predicted octanol–water partition coefficient (Wildman–Crippen LogP) is 3.44. The summed E-state index contributed by atoms with van der Waals surface area (Å²) in [6.07, 6.45) is 11.6. The Morgan fingerprint density at radius 2 is 1.04 bits per heavy atom. The molecule has 0 unspecified atom stereocenters. The highest BCUT2D eigenvalue weighted by molar-refractivity contribution is 5.92. The molecule has 0 aliphatic rings. The minimum atomic E-state index is -1.23. The normalized spacial score (nSPS) is 10.3. The van der Waals surface area contributed by atoms with Crippen LogP contribution in [0.25, 0.3) is 0 Å². The number of carbonyl (C=O) groups is 2. The van der Waals surface area contributed by atoms with Crippen LogP contribution in [0, 0.1) is 5.92 Å². The number of unbranched alkanes of at least 4 members (excludes halogenated alkanes) is 9. The lowest BCUT2D eigenvalue weighted by Crippen LogP contribution is -2.23. The molecule has 0 aromatic rings. The van der Waals surface area contributed by atoms with Gasteiger partial charge in [-0.2, -0.15) is 0 Å². The molecule has 0 spiro atoms. The molecule has 0 aromatic heterocycles. The second kappa shape index (κ2) is 19.9. The number of aliphatic hydroxyl groups excluding tert-OH is 2. The standard InChI is InChI=1S/C12H22O4.C6H14O2/c1-2-3-4-5-6-7-8-9-10(11(13)14)12(15)16;7-5-3-1-2-4-6-8/h10H,2-9H2,1H3,(H,13,14)(H,15,16);7-8H,1-6H2. The van der Waals surface area contributed by atoms with Gasteiger partial charge in [-0.3, -0.25) is 9.59 Å². The van der Waals surface area contributed by atoms with Gasteiger partial charge in [-0.15, -0.1) is 0 Å². The molecule has 0 radical (unpaired) electrons. The van der Waals surface area contributed by atoms with Gasteiger partial charge in [-0.1, -0.05) is 64.7 Å². The van der Waals surface area contributed by atoms with Crippen molar-refractivity contribution in [3.05, 3.63) is 0 Å². The summed E-state index contributed by atoms with van der Waals surface area (Å²) >= 11 is 0. The van der Waals surface area contributed by atoms with Crippen LogP contribution in [0.5, 0.6) is 0 Å². The maximum atomic E-state index is 10.6. The molecule has 0 amide bonds. The van der Waals surface area contributed by atoms with Gasteiger partial charge in [0.1, 0.15) is 0 Å². The van der Waals surface area contributed by atoms with Crippen molar-refractivity contribution in [2.75, 3.05) is 13.2 Å². The van der Waals surface area contributed by atoms with Crippen molar-refractivity contribution >= 4 is 11.9 Å². The average molecular weight is 348 g/mol. The van der Waals surface area contributed by atoms with Gasteiger partial charge in [-0.25, -0.2) is 0 Å². The molecule has 0 aliphatic carbocycles. The highest BCUT2D eigenvalue weighted by Gasteiger charge is 2.24. The number of aliphatic hydroxyl groups is 2. The van der Waals surface area contributed by atoms with Crippen LogP contribution in [-0.2, 0) is 9.59 Å². The summed E-state index contributed by atoms with van der Waals surface area (Å²) in [4.78, 5) is 21.1. The lowest BCUT2D eigenvalue weighted by Gasteiger charge is -2.06. The quantitative estimate of drug-likeness (QED) is 0.266. The van der Waals surface area contributed by atoms with Gasteiger partial charge < -0.3 is 20.4 Å². The summed E-state index contributed by atoms with van der Waals surface area (Å²) in [6.45, 7) is 2.72. The number of carboxylic acids is 2. The number of hydrogen-bond acceptors (Lipinski definition) is 4. The second-order valence-electron chi connectivity index (χ2n) is 6.00. The lowest BCUT2D eigenvalue weighted by molar-refractivity contribution is -0.154.